The number of aryl methyl sites for hydroxylation is 1. The lowest BCUT2D eigenvalue weighted by Crippen LogP contribution is -2.35. The average molecular weight is 488 g/mol. The molecule has 37 heavy (non-hydrogen) atoms. The molecular weight excluding hydrogens is 462 g/mol. The predicted molar refractivity (Wildman–Crippen MR) is 146 cm³/mol. The van der Waals surface area contributed by atoms with Crippen LogP contribution < -0.4 is 10.2 Å². The number of nitrogens with zero attached hydrogens (tertiary/aromatic N) is 4. The average Bonchev–Trinajstić information content (AvgIpc) is 2.96. The molecule has 4 aromatic carbocycles. The monoisotopic (exact) mass is 487 g/mol. The zero-order chi connectivity index (χ0) is 25.6. The minimum Gasteiger partial charge on any atom is -0.322 e. The molecule has 7 heteroatoms. The van der Waals surface area contributed by atoms with Crippen molar-refractivity contribution in [2.75, 3.05) is 16.8 Å². The van der Waals surface area contributed by atoms with E-state index in [-0.39, 0.29) is 18.4 Å². The molecule has 1 N–H and O–H groups in total. The van der Waals surface area contributed by atoms with Gasteiger partial charge in [-0.25, -0.2) is 0 Å². The highest BCUT2D eigenvalue weighted by Gasteiger charge is 2.23. The summed E-state index contributed by atoms with van der Waals surface area (Å²) >= 11 is 0. The molecule has 0 saturated carbocycles. The number of anilines is 2. The molecule has 1 aliphatic rings. The van der Waals surface area contributed by atoms with Crippen molar-refractivity contribution in [2.45, 2.75) is 19.4 Å². The van der Waals surface area contributed by atoms with Crippen LogP contribution in [0.3, 0.4) is 0 Å². The summed E-state index contributed by atoms with van der Waals surface area (Å²) in [7, 11) is 0. The molecule has 0 atom stereocenters. The second-order valence-electron chi connectivity index (χ2n) is 8.81. The summed E-state index contributed by atoms with van der Waals surface area (Å²) in [5, 5.41) is 6.63. The first-order chi connectivity index (χ1) is 18.2. The van der Waals surface area contributed by atoms with Gasteiger partial charge in [0.1, 0.15) is 0 Å². The molecule has 0 aliphatic carbocycles. The van der Waals surface area contributed by atoms with E-state index in [1.54, 1.807) is 30.3 Å². The van der Waals surface area contributed by atoms with Crippen molar-refractivity contribution >= 4 is 23.2 Å². The Morgan fingerprint density at radius 2 is 1.57 bits per heavy atom. The third-order valence-corrected chi connectivity index (χ3v) is 6.53. The molecule has 4 aromatic rings. The number of carbonyl (C=O) groups is 2. The van der Waals surface area contributed by atoms with Gasteiger partial charge < -0.3 is 10.2 Å². The van der Waals surface area contributed by atoms with Crippen molar-refractivity contribution in [3.8, 4) is 11.1 Å². The van der Waals surface area contributed by atoms with E-state index in [0.29, 0.717) is 23.4 Å². The summed E-state index contributed by atoms with van der Waals surface area (Å²) in [5.74, 6) is -0.315. The maximum Gasteiger partial charge on any atom is 0.258 e. The standard InChI is InChI=1S/C30H25N5O2/c31-34-32-20-23-9-1-3-11-25(23)26-12-4-5-13-27(26)29(36)33-24-17-15-22(16-18-24)30(37)35-19-7-10-21-8-2-6-14-28(21)35/h1-6,8-9,11-18H,7,10,19-20H2,(H,33,36). The molecule has 1 aliphatic heterocycles. The van der Waals surface area contributed by atoms with Crippen LogP contribution in [-0.4, -0.2) is 18.4 Å². The van der Waals surface area contributed by atoms with Crippen LogP contribution in [0.15, 0.2) is 102 Å². The highest BCUT2D eigenvalue weighted by atomic mass is 16.2. The predicted octanol–water partition coefficient (Wildman–Crippen LogP) is 7.01. The second-order valence-corrected chi connectivity index (χ2v) is 8.81. The maximum atomic E-state index is 13.3. The number of rotatable bonds is 6. The van der Waals surface area contributed by atoms with Gasteiger partial charge in [0.15, 0.2) is 0 Å². The molecule has 0 radical (unpaired) electrons. The van der Waals surface area contributed by atoms with Crippen LogP contribution in [0.25, 0.3) is 21.6 Å². The Balaban J connectivity index is 1.35. The van der Waals surface area contributed by atoms with Crippen LogP contribution in [0.1, 0.15) is 38.3 Å². The van der Waals surface area contributed by atoms with Gasteiger partial charge in [0.25, 0.3) is 11.8 Å². The lowest BCUT2D eigenvalue weighted by atomic mass is 9.95. The Hall–Kier alpha value is -4.87. The van der Waals surface area contributed by atoms with Crippen molar-refractivity contribution in [1.29, 1.82) is 0 Å². The van der Waals surface area contributed by atoms with E-state index in [4.69, 9.17) is 5.53 Å². The summed E-state index contributed by atoms with van der Waals surface area (Å²) < 4.78 is 0. The van der Waals surface area contributed by atoms with Crippen LogP contribution in [-0.2, 0) is 13.0 Å². The van der Waals surface area contributed by atoms with Gasteiger partial charge in [-0.2, -0.15) is 0 Å². The summed E-state index contributed by atoms with van der Waals surface area (Å²) in [6.07, 6.45) is 1.91. The van der Waals surface area contributed by atoms with Crippen molar-refractivity contribution < 1.29 is 9.59 Å². The fourth-order valence-electron chi connectivity index (χ4n) is 4.74. The Labute approximate surface area is 215 Å². The Kier molecular flexibility index (Phi) is 6.97. The minimum absolute atomic E-state index is 0.0491. The Morgan fingerprint density at radius 3 is 2.38 bits per heavy atom. The van der Waals surface area contributed by atoms with Gasteiger partial charge in [0.05, 0.1) is 6.54 Å². The van der Waals surface area contributed by atoms with Gasteiger partial charge in [-0.15, -0.1) is 0 Å². The van der Waals surface area contributed by atoms with Crippen molar-refractivity contribution in [3.63, 3.8) is 0 Å². The van der Waals surface area contributed by atoms with Crippen LogP contribution in [0, 0.1) is 0 Å². The molecule has 1 heterocycles. The lowest BCUT2D eigenvalue weighted by molar-refractivity contribution is 0.0984. The van der Waals surface area contributed by atoms with Gasteiger partial charge in [-0.1, -0.05) is 65.8 Å². The fraction of sp³-hybridized carbons (Fsp3) is 0.133. The molecule has 0 aromatic heterocycles. The number of carbonyl (C=O) groups excluding carboxylic acids is 2. The highest BCUT2D eigenvalue weighted by molar-refractivity contribution is 6.10. The largest absolute Gasteiger partial charge is 0.322 e. The van der Waals surface area contributed by atoms with E-state index in [0.717, 1.165) is 35.2 Å². The van der Waals surface area contributed by atoms with Gasteiger partial charge in [-0.05, 0) is 77.0 Å². The van der Waals surface area contributed by atoms with Crippen molar-refractivity contribution in [1.82, 2.24) is 0 Å². The number of amides is 2. The topological polar surface area (TPSA) is 98.2 Å². The fourth-order valence-corrected chi connectivity index (χ4v) is 4.74. The smallest absolute Gasteiger partial charge is 0.258 e. The third-order valence-electron chi connectivity index (χ3n) is 6.53. The first-order valence-corrected chi connectivity index (χ1v) is 12.1. The quantitative estimate of drug-likeness (QED) is 0.180. The van der Waals surface area contributed by atoms with E-state index in [1.807, 2.05) is 65.6 Å². The molecule has 0 unspecified atom stereocenters. The van der Waals surface area contributed by atoms with Crippen molar-refractivity contribution in [2.24, 2.45) is 5.11 Å². The minimum atomic E-state index is -0.266. The molecule has 182 valence electrons. The van der Waals surface area contributed by atoms with Gasteiger partial charge in [0, 0.05) is 34.0 Å². The van der Waals surface area contributed by atoms with E-state index >= 15 is 0 Å². The van der Waals surface area contributed by atoms with E-state index in [2.05, 4.69) is 21.4 Å². The third kappa shape index (κ3) is 5.08. The van der Waals surface area contributed by atoms with Gasteiger partial charge in [-0.3, -0.25) is 9.59 Å². The van der Waals surface area contributed by atoms with Crippen molar-refractivity contribution in [3.05, 3.63) is 130 Å². The first-order valence-electron chi connectivity index (χ1n) is 12.1. The number of benzene rings is 4. The van der Waals surface area contributed by atoms with Crippen LogP contribution >= 0.6 is 0 Å². The number of hydrogen-bond acceptors (Lipinski definition) is 3. The molecular formula is C30H25N5O2. The first kappa shape index (κ1) is 23.9. The molecule has 0 bridgehead atoms. The summed E-state index contributed by atoms with van der Waals surface area (Å²) in [5.41, 5.74) is 15.0. The van der Waals surface area contributed by atoms with Crippen LogP contribution in [0.2, 0.25) is 0 Å². The van der Waals surface area contributed by atoms with E-state index in [1.165, 1.54) is 5.56 Å². The Bertz CT molecular complexity index is 1510. The van der Waals surface area contributed by atoms with Crippen LogP contribution in [0.5, 0.6) is 0 Å². The number of hydrogen-bond donors (Lipinski definition) is 1. The molecule has 0 spiro atoms. The number of para-hydroxylation sites is 1. The molecule has 2 amide bonds. The van der Waals surface area contributed by atoms with Crippen LogP contribution in [0.4, 0.5) is 11.4 Å². The number of fused-ring (bicyclic) bond motifs is 1. The van der Waals surface area contributed by atoms with E-state index in [9.17, 15) is 9.59 Å². The SMILES string of the molecule is [N-]=[N+]=NCc1ccccc1-c1ccccc1C(=O)Nc1ccc(C(=O)N2CCCc3ccccc32)cc1. The van der Waals surface area contributed by atoms with Gasteiger partial charge in [0.2, 0.25) is 0 Å². The number of nitrogens with one attached hydrogen (secondary N) is 1. The molecule has 5 rings (SSSR count). The summed E-state index contributed by atoms with van der Waals surface area (Å²) in [6.45, 7) is 0.881. The Morgan fingerprint density at radius 1 is 0.865 bits per heavy atom. The molecule has 0 saturated heterocycles. The highest BCUT2D eigenvalue weighted by Crippen LogP contribution is 2.30. The zero-order valence-corrected chi connectivity index (χ0v) is 20.2. The maximum absolute atomic E-state index is 13.3. The van der Waals surface area contributed by atoms with E-state index < -0.39 is 0 Å². The second kappa shape index (κ2) is 10.8. The van der Waals surface area contributed by atoms with Gasteiger partial charge >= 0.3 is 0 Å². The summed E-state index contributed by atoms with van der Waals surface area (Å²) in [4.78, 5) is 31.2. The zero-order valence-electron chi connectivity index (χ0n) is 20.2. The molecule has 7 nitrogen and oxygen atoms in total. The normalized spacial score (nSPS) is 12.3. The summed E-state index contributed by atoms with van der Waals surface area (Å²) in [6, 6.07) is 29.9. The lowest BCUT2D eigenvalue weighted by Gasteiger charge is -2.29. The molecule has 0 fully saturated rings. The number of azide groups is 1.